The first-order valence-corrected chi connectivity index (χ1v) is 5.83. The van der Waals surface area contributed by atoms with E-state index >= 15 is 0 Å². The van der Waals surface area contributed by atoms with Crippen molar-refractivity contribution in [2.24, 2.45) is 0 Å². The van der Waals surface area contributed by atoms with Gasteiger partial charge in [-0.15, -0.1) is 0 Å². The van der Waals surface area contributed by atoms with Crippen LogP contribution in [0.3, 0.4) is 0 Å². The number of methoxy groups -OCH3 is 1. The summed E-state index contributed by atoms with van der Waals surface area (Å²) in [6, 6.07) is 1.70. The molecule has 0 saturated heterocycles. The normalized spacial score (nSPS) is 10.2. The summed E-state index contributed by atoms with van der Waals surface area (Å²) in [4.78, 5) is 19.2. The fraction of sp³-hybridized carbons (Fsp3) is 0.333. The summed E-state index contributed by atoms with van der Waals surface area (Å²) < 4.78 is 6.40. The van der Waals surface area contributed by atoms with Crippen molar-refractivity contribution in [2.75, 3.05) is 19.0 Å². The minimum Gasteiger partial charge on any atom is -0.463 e. The Labute approximate surface area is 110 Å². The molecule has 7 nitrogen and oxygen atoms in total. The van der Waals surface area contributed by atoms with E-state index in [0.29, 0.717) is 18.9 Å². The third-order valence-electron chi connectivity index (χ3n) is 2.43. The molecule has 0 fully saturated rings. The van der Waals surface area contributed by atoms with Crippen molar-refractivity contribution < 1.29 is 9.53 Å². The highest BCUT2D eigenvalue weighted by atomic mass is 16.5. The van der Waals surface area contributed by atoms with Crippen LogP contribution >= 0.6 is 0 Å². The molecule has 0 aliphatic carbocycles. The Kier molecular flexibility index (Phi) is 4.07. The van der Waals surface area contributed by atoms with Crippen LogP contribution in [0.2, 0.25) is 0 Å². The second-order valence-corrected chi connectivity index (χ2v) is 3.96. The molecule has 0 spiro atoms. The quantitative estimate of drug-likeness (QED) is 0.805. The van der Waals surface area contributed by atoms with E-state index in [4.69, 9.17) is 0 Å². The van der Waals surface area contributed by atoms with Gasteiger partial charge in [0.05, 0.1) is 19.9 Å². The Hall–Kier alpha value is -2.44. The zero-order chi connectivity index (χ0) is 13.7. The SMILES string of the molecule is COC(=O)c1nccc(NCCn2cc(C)cn2)n1. The van der Waals surface area contributed by atoms with Gasteiger partial charge in [0.25, 0.3) is 0 Å². The van der Waals surface area contributed by atoms with Crippen LogP contribution in [0, 0.1) is 6.92 Å². The van der Waals surface area contributed by atoms with E-state index in [1.54, 1.807) is 12.3 Å². The average Bonchev–Trinajstić information content (AvgIpc) is 2.84. The number of carbonyl (C=O) groups is 1. The van der Waals surface area contributed by atoms with Crippen LogP contribution in [0.1, 0.15) is 16.2 Å². The van der Waals surface area contributed by atoms with Gasteiger partial charge < -0.3 is 10.1 Å². The second kappa shape index (κ2) is 5.94. The van der Waals surface area contributed by atoms with Crippen LogP contribution < -0.4 is 5.32 Å². The minimum atomic E-state index is -0.550. The molecule has 7 heteroatoms. The van der Waals surface area contributed by atoms with E-state index in [0.717, 1.165) is 5.56 Å². The highest BCUT2D eigenvalue weighted by Crippen LogP contribution is 2.03. The van der Waals surface area contributed by atoms with E-state index < -0.39 is 5.97 Å². The third kappa shape index (κ3) is 3.51. The molecule has 100 valence electrons. The van der Waals surface area contributed by atoms with Crippen molar-refractivity contribution >= 4 is 11.8 Å². The number of hydrogen-bond donors (Lipinski definition) is 1. The summed E-state index contributed by atoms with van der Waals surface area (Å²) in [6.45, 7) is 3.36. The number of nitrogens with one attached hydrogen (secondary N) is 1. The van der Waals surface area contributed by atoms with Crippen LogP contribution in [0.15, 0.2) is 24.7 Å². The van der Waals surface area contributed by atoms with Crippen LogP contribution in [0.25, 0.3) is 0 Å². The molecule has 0 aliphatic rings. The van der Waals surface area contributed by atoms with Crippen molar-refractivity contribution in [2.45, 2.75) is 13.5 Å². The van der Waals surface area contributed by atoms with E-state index in [2.05, 4.69) is 25.1 Å². The van der Waals surface area contributed by atoms with Gasteiger partial charge >= 0.3 is 5.97 Å². The highest BCUT2D eigenvalue weighted by Gasteiger charge is 2.09. The average molecular weight is 261 g/mol. The number of rotatable bonds is 5. The first-order valence-electron chi connectivity index (χ1n) is 5.83. The van der Waals surface area contributed by atoms with Crippen LogP contribution in [0.5, 0.6) is 0 Å². The maximum Gasteiger partial charge on any atom is 0.376 e. The zero-order valence-corrected chi connectivity index (χ0v) is 10.8. The summed E-state index contributed by atoms with van der Waals surface area (Å²) in [5.41, 5.74) is 1.12. The largest absolute Gasteiger partial charge is 0.463 e. The smallest absolute Gasteiger partial charge is 0.376 e. The minimum absolute atomic E-state index is 0.0439. The highest BCUT2D eigenvalue weighted by molar-refractivity contribution is 5.85. The summed E-state index contributed by atoms with van der Waals surface area (Å²) in [6.07, 6.45) is 5.28. The number of esters is 1. The summed E-state index contributed by atoms with van der Waals surface area (Å²) in [5.74, 6) is 0.0769. The van der Waals surface area contributed by atoms with Gasteiger partial charge in [-0.05, 0) is 18.6 Å². The molecule has 2 aromatic rings. The number of anilines is 1. The Morgan fingerprint density at radius 3 is 3.05 bits per heavy atom. The van der Waals surface area contributed by atoms with Crippen LogP contribution in [-0.2, 0) is 11.3 Å². The maximum atomic E-state index is 11.3. The van der Waals surface area contributed by atoms with Gasteiger partial charge in [0, 0.05) is 18.9 Å². The summed E-state index contributed by atoms with van der Waals surface area (Å²) in [7, 11) is 1.30. The van der Waals surface area contributed by atoms with Gasteiger partial charge in [-0.1, -0.05) is 0 Å². The fourth-order valence-electron chi connectivity index (χ4n) is 1.53. The molecule has 0 atom stereocenters. The Bertz CT molecular complexity index is 567. The number of nitrogens with zero attached hydrogens (tertiary/aromatic N) is 4. The molecule has 19 heavy (non-hydrogen) atoms. The monoisotopic (exact) mass is 261 g/mol. The molecule has 0 unspecified atom stereocenters. The molecule has 2 heterocycles. The van der Waals surface area contributed by atoms with Crippen LogP contribution in [-0.4, -0.2) is 39.4 Å². The van der Waals surface area contributed by atoms with Gasteiger partial charge in [-0.25, -0.2) is 14.8 Å². The molecule has 0 bridgehead atoms. The number of hydrogen-bond acceptors (Lipinski definition) is 6. The lowest BCUT2D eigenvalue weighted by Gasteiger charge is -2.06. The molecule has 0 aliphatic heterocycles. The fourth-order valence-corrected chi connectivity index (χ4v) is 1.53. The molecule has 0 aromatic carbocycles. The molecule has 2 aromatic heterocycles. The third-order valence-corrected chi connectivity index (χ3v) is 2.43. The van der Waals surface area contributed by atoms with Crippen molar-refractivity contribution in [3.63, 3.8) is 0 Å². The molecular formula is C12H15N5O2. The van der Waals surface area contributed by atoms with Crippen molar-refractivity contribution in [3.8, 4) is 0 Å². The molecule has 2 rings (SSSR count). The van der Waals surface area contributed by atoms with Crippen molar-refractivity contribution in [1.29, 1.82) is 0 Å². The second-order valence-electron chi connectivity index (χ2n) is 3.96. The zero-order valence-electron chi connectivity index (χ0n) is 10.8. The van der Waals surface area contributed by atoms with Gasteiger partial charge in [0.1, 0.15) is 5.82 Å². The topological polar surface area (TPSA) is 81.9 Å². The van der Waals surface area contributed by atoms with E-state index in [-0.39, 0.29) is 5.82 Å². The van der Waals surface area contributed by atoms with Gasteiger partial charge in [-0.3, -0.25) is 4.68 Å². The predicted octanol–water partition coefficient (Wildman–Crippen LogP) is 0.880. The Morgan fingerprint density at radius 1 is 1.53 bits per heavy atom. The van der Waals surface area contributed by atoms with Crippen molar-refractivity contribution in [3.05, 3.63) is 36.0 Å². The number of aryl methyl sites for hydroxylation is 1. The lowest BCUT2D eigenvalue weighted by molar-refractivity contribution is 0.0587. The molecule has 0 radical (unpaired) electrons. The van der Waals surface area contributed by atoms with Gasteiger partial charge in [0.15, 0.2) is 0 Å². The van der Waals surface area contributed by atoms with Crippen molar-refractivity contribution in [1.82, 2.24) is 19.7 Å². The van der Waals surface area contributed by atoms with E-state index in [1.807, 2.05) is 17.8 Å². The Morgan fingerprint density at radius 2 is 2.37 bits per heavy atom. The van der Waals surface area contributed by atoms with Gasteiger partial charge in [0.2, 0.25) is 5.82 Å². The first kappa shape index (κ1) is 13.0. The van der Waals surface area contributed by atoms with E-state index in [9.17, 15) is 4.79 Å². The predicted molar refractivity (Wildman–Crippen MR) is 68.8 cm³/mol. The van der Waals surface area contributed by atoms with Gasteiger partial charge in [-0.2, -0.15) is 5.10 Å². The molecular weight excluding hydrogens is 246 g/mol. The van der Waals surface area contributed by atoms with E-state index in [1.165, 1.54) is 13.3 Å². The summed E-state index contributed by atoms with van der Waals surface area (Å²) >= 11 is 0. The standard InChI is InChI=1S/C12H15N5O2/c1-9-7-15-17(8-9)6-5-13-10-3-4-14-11(16-10)12(18)19-2/h3-4,7-8H,5-6H2,1-2H3,(H,13,14,16). The molecule has 0 amide bonds. The molecule has 1 N–H and O–H groups in total. The maximum absolute atomic E-state index is 11.3. The number of aromatic nitrogens is 4. The lowest BCUT2D eigenvalue weighted by atomic mass is 10.4. The number of ether oxygens (including phenoxy) is 1. The molecule has 0 saturated carbocycles. The van der Waals surface area contributed by atoms with Crippen LogP contribution in [0.4, 0.5) is 5.82 Å². The lowest BCUT2D eigenvalue weighted by Crippen LogP contribution is -2.14. The number of carbonyl (C=O) groups excluding carboxylic acids is 1. The summed E-state index contributed by atoms with van der Waals surface area (Å²) in [5, 5.41) is 7.28. The first-order chi connectivity index (χ1) is 9.19. The Balaban J connectivity index is 1.90.